The molecule has 0 aliphatic rings. The van der Waals surface area contributed by atoms with Gasteiger partial charge in [0.15, 0.2) is 22.6 Å². The van der Waals surface area contributed by atoms with E-state index < -0.39 is 11.6 Å². The average Bonchev–Trinajstić information content (AvgIpc) is 3.04. The lowest BCUT2D eigenvalue weighted by Crippen LogP contribution is -1.86. The quantitative estimate of drug-likeness (QED) is 0.731. The molecule has 2 aromatic heterocycles. The summed E-state index contributed by atoms with van der Waals surface area (Å²) in [5.41, 5.74) is 0.835. The van der Waals surface area contributed by atoms with E-state index in [2.05, 4.69) is 20.1 Å². The zero-order valence-corrected chi connectivity index (χ0v) is 12.0. The van der Waals surface area contributed by atoms with Crippen LogP contribution in [-0.2, 0) is 12.2 Å². The van der Waals surface area contributed by atoms with Crippen LogP contribution in [0.4, 0.5) is 8.78 Å². The molecular weight excluding hydrogens is 298 g/mol. The van der Waals surface area contributed by atoms with Gasteiger partial charge in [-0.25, -0.2) is 13.8 Å². The first kappa shape index (κ1) is 14.0. The van der Waals surface area contributed by atoms with Gasteiger partial charge in [-0.3, -0.25) is 0 Å². The third kappa shape index (κ3) is 3.05. The van der Waals surface area contributed by atoms with Crippen molar-refractivity contribution in [2.75, 3.05) is 0 Å². The van der Waals surface area contributed by atoms with Crippen molar-refractivity contribution in [1.82, 2.24) is 20.1 Å². The summed E-state index contributed by atoms with van der Waals surface area (Å²) in [7, 11) is 0. The normalized spacial score (nSPS) is 11.4. The van der Waals surface area contributed by atoms with E-state index in [0.29, 0.717) is 33.7 Å². The first-order valence-corrected chi connectivity index (χ1v) is 7.43. The maximum Gasteiger partial charge on any atom is 0.237 e. The minimum Gasteiger partial charge on any atom is -0.338 e. The monoisotopic (exact) mass is 310 g/mol. The van der Waals surface area contributed by atoms with Crippen molar-refractivity contribution in [1.29, 1.82) is 0 Å². The Morgan fingerprint density at radius 1 is 1.24 bits per heavy atom. The van der Waals surface area contributed by atoms with Gasteiger partial charge < -0.3 is 9.51 Å². The van der Waals surface area contributed by atoms with E-state index in [9.17, 15) is 8.78 Å². The molecule has 0 aliphatic heterocycles. The summed E-state index contributed by atoms with van der Waals surface area (Å²) in [6, 6.07) is 2.16. The topological polar surface area (TPSA) is 67.6 Å². The molecule has 0 saturated carbocycles. The van der Waals surface area contributed by atoms with Crippen molar-refractivity contribution in [3.63, 3.8) is 0 Å². The molecular formula is C13H12F2N4OS. The highest BCUT2D eigenvalue weighted by Gasteiger charge is 2.11. The molecule has 1 N–H and O–H groups in total. The molecule has 0 aliphatic carbocycles. The predicted molar refractivity (Wildman–Crippen MR) is 73.9 cm³/mol. The van der Waals surface area contributed by atoms with E-state index in [-0.39, 0.29) is 0 Å². The SMILES string of the molecule is CCCc1noc(CSc2nc3cc(F)c(F)cc3[nH]2)n1. The van der Waals surface area contributed by atoms with E-state index in [4.69, 9.17) is 4.52 Å². The lowest BCUT2D eigenvalue weighted by Gasteiger charge is -1.91. The summed E-state index contributed by atoms with van der Waals surface area (Å²) in [4.78, 5) is 11.3. The second kappa shape index (κ2) is 5.80. The number of fused-ring (bicyclic) bond motifs is 1. The molecule has 0 radical (unpaired) electrons. The molecule has 1 aromatic carbocycles. The van der Waals surface area contributed by atoms with E-state index in [1.165, 1.54) is 11.8 Å². The van der Waals surface area contributed by atoms with Crippen LogP contribution in [0.5, 0.6) is 0 Å². The fourth-order valence-corrected chi connectivity index (χ4v) is 2.58. The number of aryl methyl sites for hydroxylation is 1. The minimum absolute atomic E-state index is 0.383. The number of halogens is 2. The fourth-order valence-electron chi connectivity index (χ4n) is 1.85. The Morgan fingerprint density at radius 2 is 2.05 bits per heavy atom. The van der Waals surface area contributed by atoms with Crippen LogP contribution in [0.3, 0.4) is 0 Å². The first-order chi connectivity index (χ1) is 10.2. The average molecular weight is 310 g/mol. The Labute approximate surface area is 123 Å². The number of benzene rings is 1. The molecule has 3 aromatic rings. The molecule has 0 amide bonds. The predicted octanol–water partition coefficient (Wildman–Crippen LogP) is 3.47. The van der Waals surface area contributed by atoms with Crippen LogP contribution >= 0.6 is 11.8 Å². The van der Waals surface area contributed by atoms with Crippen molar-refractivity contribution >= 4 is 22.8 Å². The maximum atomic E-state index is 13.1. The van der Waals surface area contributed by atoms with Gasteiger partial charge in [0, 0.05) is 18.6 Å². The van der Waals surface area contributed by atoms with Crippen LogP contribution in [-0.4, -0.2) is 20.1 Å². The Bertz CT molecular complexity index is 732. The molecule has 0 unspecified atom stereocenters. The number of thioether (sulfide) groups is 1. The highest BCUT2D eigenvalue weighted by atomic mass is 32.2. The minimum atomic E-state index is -0.911. The molecule has 110 valence electrons. The summed E-state index contributed by atoms with van der Waals surface area (Å²) in [5.74, 6) is -0.180. The largest absolute Gasteiger partial charge is 0.338 e. The fraction of sp³-hybridized carbons (Fsp3) is 0.308. The Morgan fingerprint density at radius 3 is 2.86 bits per heavy atom. The molecule has 0 spiro atoms. The number of hydrogen-bond acceptors (Lipinski definition) is 5. The van der Waals surface area contributed by atoms with Gasteiger partial charge in [0.25, 0.3) is 0 Å². The van der Waals surface area contributed by atoms with Crippen molar-refractivity contribution in [2.24, 2.45) is 0 Å². The lowest BCUT2D eigenvalue weighted by atomic mass is 10.3. The zero-order valence-electron chi connectivity index (χ0n) is 11.2. The molecule has 0 atom stereocenters. The van der Waals surface area contributed by atoms with Crippen LogP contribution in [0.2, 0.25) is 0 Å². The second-order valence-electron chi connectivity index (χ2n) is 4.47. The number of rotatable bonds is 5. The van der Waals surface area contributed by atoms with Gasteiger partial charge in [0.1, 0.15) is 0 Å². The van der Waals surface area contributed by atoms with Gasteiger partial charge in [-0.15, -0.1) is 0 Å². The van der Waals surface area contributed by atoms with Crippen molar-refractivity contribution in [3.8, 4) is 0 Å². The van der Waals surface area contributed by atoms with E-state index >= 15 is 0 Å². The molecule has 2 heterocycles. The Balaban J connectivity index is 1.72. The van der Waals surface area contributed by atoms with Crippen molar-refractivity contribution in [3.05, 3.63) is 35.5 Å². The third-order valence-electron chi connectivity index (χ3n) is 2.82. The van der Waals surface area contributed by atoms with E-state index in [1.54, 1.807) is 0 Å². The Hall–Kier alpha value is -1.96. The van der Waals surface area contributed by atoms with Crippen LogP contribution in [0.1, 0.15) is 25.1 Å². The highest BCUT2D eigenvalue weighted by Crippen LogP contribution is 2.24. The summed E-state index contributed by atoms with van der Waals surface area (Å²) in [6.45, 7) is 2.04. The number of nitrogens with zero attached hydrogens (tertiary/aromatic N) is 3. The number of imidazole rings is 1. The number of aromatic nitrogens is 4. The lowest BCUT2D eigenvalue weighted by molar-refractivity contribution is 0.384. The van der Waals surface area contributed by atoms with Gasteiger partial charge in [-0.2, -0.15) is 4.98 Å². The summed E-state index contributed by atoms with van der Waals surface area (Å²) < 4.78 is 31.3. The summed E-state index contributed by atoms with van der Waals surface area (Å²) in [5, 5.41) is 4.40. The third-order valence-corrected chi connectivity index (χ3v) is 3.68. The van der Waals surface area contributed by atoms with Crippen LogP contribution in [0.15, 0.2) is 21.8 Å². The molecule has 0 saturated heterocycles. The van der Waals surface area contributed by atoms with Gasteiger partial charge in [-0.05, 0) is 6.42 Å². The van der Waals surface area contributed by atoms with Gasteiger partial charge >= 0.3 is 0 Å². The first-order valence-electron chi connectivity index (χ1n) is 6.44. The summed E-state index contributed by atoms with van der Waals surface area (Å²) >= 11 is 1.33. The van der Waals surface area contributed by atoms with E-state index in [1.807, 2.05) is 6.92 Å². The summed E-state index contributed by atoms with van der Waals surface area (Å²) in [6.07, 6.45) is 1.73. The molecule has 3 rings (SSSR count). The standard InChI is InChI=1S/C13H12F2N4OS/c1-2-3-11-18-12(20-19-11)6-21-13-16-9-4-7(14)8(15)5-10(9)17-13/h4-5H,2-3,6H2,1H3,(H,16,17). The highest BCUT2D eigenvalue weighted by molar-refractivity contribution is 7.98. The second-order valence-corrected chi connectivity index (χ2v) is 5.43. The van der Waals surface area contributed by atoms with Crippen molar-refractivity contribution < 1.29 is 13.3 Å². The number of hydrogen-bond donors (Lipinski definition) is 1. The van der Waals surface area contributed by atoms with Crippen LogP contribution in [0.25, 0.3) is 11.0 Å². The molecule has 5 nitrogen and oxygen atoms in total. The van der Waals surface area contributed by atoms with Crippen LogP contribution in [0, 0.1) is 11.6 Å². The number of aromatic amines is 1. The molecule has 8 heteroatoms. The van der Waals surface area contributed by atoms with Gasteiger partial charge in [-0.1, -0.05) is 23.8 Å². The van der Waals surface area contributed by atoms with Crippen LogP contribution < -0.4 is 0 Å². The smallest absolute Gasteiger partial charge is 0.237 e. The maximum absolute atomic E-state index is 13.1. The molecule has 0 fully saturated rings. The van der Waals surface area contributed by atoms with Gasteiger partial charge in [0.2, 0.25) is 5.89 Å². The zero-order chi connectivity index (χ0) is 14.8. The molecule has 21 heavy (non-hydrogen) atoms. The Kier molecular flexibility index (Phi) is 3.87. The number of H-pyrrole nitrogens is 1. The van der Waals surface area contributed by atoms with Gasteiger partial charge in [0.05, 0.1) is 16.8 Å². The van der Waals surface area contributed by atoms with Crippen molar-refractivity contribution in [2.45, 2.75) is 30.7 Å². The van der Waals surface area contributed by atoms with E-state index in [0.717, 1.165) is 25.0 Å². The number of nitrogens with one attached hydrogen (secondary N) is 1. The molecule has 0 bridgehead atoms.